The molecule has 0 aliphatic heterocycles. The van der Waals surface area contributed by atoms with Crippen LogP contribution in [-0.2, 0) is 20.8 Å². The van der Waals surface area contributed by atoms with Gasteiger partial charge in [0, 0.05) is 16.4 Å². The third-order valence-corrected chi connectivity index (χ3v) is 3.92. The van der Waals surface area contributed by atoms with Gasteiger partial charge < -0.3 is 15.2 Å². The van der Waals surface area contributed by atoms with Gasteiger partial charge in [-0.25, -0.2) is 4.79 Å². The fourth-order valence-corrected chi connectivity index (χ4v) is 2.34. The highest BCUT2D eigenvalue weighted by atomic mass is 127. The minimum absolute atomic E-state index is 0.0841. The highest BCUT2D eigenvalue weighted by Crippen LogP contribution is 2.09. The number of halogens is 1. The number of Topliss-reactive ketones (excluding diaryl/α,β-unsaturated/α-hetero) is 1. The lowest BCUT2D eigenvalue weighted by atomic mass is 10.1. The van der Waals surface area contributed by atoms with Gasteiger partial charge in [0.2, 0.25) is 5.91 Å². The Morgan fingerprint density at radius 2 is 1.82 bits per heavy atom. The molecule has 0 heterocycles. The summed E-state index contributed by atoms with van der Waals surface area (Å²) >= 11 is 2.23. The predicted molar refractivity (Wildman–Crippen MR) is 91.6 cm³/mol. The van der Waals surface area contributed by atoms with Crippen molar-refractivity contribution >= 4 is 40.3 Å². The molecule has 22 heavy (non-hydrogen) atoms. The van der Waals surface area contributed by atoms with Crippen LogP contribution in [0.15, 0.2) is 24.3 Å². The van der Waals surface area contributed by atoms with E-state index in [2.05, 4.69) is 27.9 Å². The van der Waals surface area contributed by atoms with Crippen molar-refractivity contribution in [2.75, 3.05) is 0 Å². The lowest BCUT2D eigenvalue weighted by Crippen LogP contribution is -2.40. The zero-order valence-corrected chi connectivity index (χ0v) is 14.6. The van der Waals surface area contributed by atoms with E-state index in [-0.39, 0.29) is 31.0 Å². The Balaban J connectivity index is 2.35. The Hall–Kier alpha value is -1.44. The van der Waals surface area contributed by atoms with E-state index < -0.39 is 12.0 Å². The predicted octanol–water partition coefficient (Wildman–Crippen LogP) is 2.55. The molecule has 2 N–H and O–H groups in total. The topological polar surface area (TPSA) is 83.5 Å². The molecule has 0 spiro atoms. The second-order valence-corrected chi connectivity index (χ2v) is 6.42. The van der Waals surface area contributed by atoms with Crippen molar-refractivity contribution in [3.05, 3.63) is 33.4 Å². The Labute approximate surface area is 143 Å². The summed E-state index contributed by atoms with van der Waals surface area (Å²) < 4.78 is 1.16. The normalized spacial score (nSPS) is 11.7. The van der Waals surface area contributed by atoms with E-state index in [1.165, 1.54) is 6.92 Å². The van der Waals surface area contributed by atoms with E-state index in [9.17, 15) is 14.4 Å². The van der Waals surface area contributed by atoms with E-state index in [1.807, 2.05) is 24.3 Å². The molecule has 0 aromatic heterocycles. The number of amides is 1. The summed E-state index contributed by atoms with van der Waals surface area (Å²) in [4.78, 5) is 33.7. The average molecular weight is 417 g/mol. The number of hydrogen-bond acceptors (Lipinski definition) is 3. The standard InChI is InChI=1S/C16H20INO4/c1-11(19)5-10-14(16(21)22)18-15(20)4-2-3-12-6-8-13(17)9-7-12/h6-9,14H,2-5,10H2,1H3,(H,18,20)(H,21,22). The molecule has 1 aromatic carbocycles. The molecule has 1 atom stereocenters. The number of carboxylic acids is 1. The number of hydrogen-bond donors (Lipinski definition) is 2. The molecule has 0 aliphatic rings. The van der Waals surface area contributed by atoms with Gasteiger partial charge in [0.15, 0.2) is 0 Å². The second-order valence-electron chi connectivity index (χ2n) is 5.18. The highest BCUT2D eigenvalue weighted by Gasteiger charge is 2.19. The minimum atomic E-state index is -1.10. The molecule has 0 saturated carbocycles. The van der Waals surface area contributed by atoms with Crippen molar-refractivity contribution in [1.29, 1.82) is 0 Å². The Morgan fingerprint density at radius 1 is 1.18 bits per heavy atom. The summed E-state index contributed by atoms with van der Waals surface area (Å²) in [5.74, 6) is -1.48. The quantitative estimate of drug-likeness (QED) is 0.605. The summed E-state index contributed by atoms with van der Waals surface area (Å²) in [6.07, 6.45) is 1.99. The van der Waals surface area contributed by atoms with E-state index in [0.717, 1.165) is 15.6 Å². The van der Waals surface area contributed by atoms with Crippen LogP contribution in [0, 0.1) is 3.57 Å². The van der Waals surface area contributed by atoms with Gasteiger partial charge in [0.25, 0.3) is 0 Å². The lowest BCUT2D eigenvalue weighted by molar-refractivity contribution is -0.142. The molecular formula is C16H20INO4. The number of aliphatic carboxylic acids is 1. The molecular weight excluding hydrogens is 397 g/mol. The molecule has 5 nitrogen and oxygen atoms in total. The number of nitrogens with one attached hydrogen (secondary N) is 1. The largest absolute Gasteiger partial charge is 0.480 e. The number of carbonyl (C=O) groups is 3. The minimum Gasteiger partial charge on any atom is -0.480 e. The molecule has 1 unspecified atom stereocenters. The van der Waals surface area contributed by atoms with Gasteiger partial charge in [0.05, 0.1) is 0 Å². The Morgan fingerprint density at radius 3 is 2.36 bits per heavy atom. The number of carboxylic acid groups (broad SMARTS) is 1. The zero-order valence-electron chi connectivity index (χ0n) is 12.5. The van der Waals surface area contributed by atoms with E-state index in [1.54, 1.807) is 0 Å². The summed E-state index contributed by atoms with van der Waals surface area (Å²) in [5.41, 5.74) is 1.15. The van der Waals surface area contributed by atoms with E-state index in [0.29, 0.717) is 6.42 Å². The molecule has 0 fully saturated rings. The van der Waals surface area contributed by atoms with Crippen molar-refractivity contribution in [3.63, 3.8) is 0 Å². The number of aryl methyl sites for hydroxylation is 1. The summed E-state index contributed by atoms with van der Waals surface area (Å²) in [6, 6.07) is 7.07. The maximum Gasteiger partial charge on any atom is 0.326 e. The molecule has 1 aromatic rings. The van der Waals surface area contributed by atoms with Gasteiger partial charge >= 0.3 is 5.97 Å². The van der Waals surface area contributed by atoms with Crippen LogP contribution in [0.1, 0.15) is 38.2 Å². The molecule has 0 saturated heterocycles. The van der Waals surface area contributed by atoms with E-state index >= 15 is 0 Å². The highest BCUT2D eigenvalue weighted by molar-refractivity contribution is 14.1. The molecule has 1 amide bonds. The van der Waals surface area contributed by atoms with E-state index in [4.69, 9.17) is 5.11 Å². The van der Waals surface area contributed by atoms with Crippen molar-refractivity contribution in [3.8, 4) is 0 Å². The van der Waals surface area contributed by atoms with Crippen LogP contribution in [0.3, 0.4) is 0 Å². The van der Waals surface area contributed by atoms with Crippen LogP contribution in [0.4, 0.5) is 0 Å². The third kappa shape index (κ3) is 7.53. The van der Waals surface area contributed by atoms with Crippen LogP contribution in [0.5, 0.6) is 0 Å². The molecule has 1 rings (SSSR count). The number of benzene rings is 1. The first kappa shape index (κ1) is 18.6. The first-order valence-corrected chi connectivity index (χ1v) is 8.22. The molecule has 0 aliphatic carbocycles. The SMILES string of the molecule is CC(=O)CCC(NC(=O)CCCc1ccc(I)cc1)C(=O)O. The smallest absolute Gasteiger partial charge is 0.326 e. The van der Waals surface area contributed by atoms with Gasteiger partial charge in [-0.2, -0.15) is 0 Å². The van der Waals surface area contributed by atoms with Gasteiger partial charge in [-0.15, -0.1) is 0 Å². The molecule has 0 bridgehead atoms. The van der Waals surface area contributed by atoms with Crippen molar-refractivity contribution in [1.82, 2.24) is 5.32 Å². The fraction of sp³-hybridized carbons (Fsp3) is 0.438. The molecule has 0 radical (unpaired) electrons. The maximum absolute atomic E-state index is 11.8. The van der Waals surface area contributed by atoms with Crippen LogP contribution >= 0.6 is 22.6 Å². The van der Waals surface area contributed by atoms with Crippen LogP contribution in [0.25, 0.3) is 0 Å². The van der Waals surface area contributed by atoms with Crippen LogP contribution < -0.4 is 5.32 Å². The molecule has 120 valence electrons. The monoisotopic (exact) mass is 417 g/mol. The zero-order chi connectivity index (χ0) is 16.5. The summed E-state index contributed by atoms with van der Waals surface area (Å²) in [5, 5.41) is 11.5. The van der Waals surface area contributed by atoms with Crippen molar-refractivity contribution in [2.24, 2.45) is 0 Å². The summed E-state index contributed by atoms with van der Waals surface area (Å²) in [7, 11) is 0. The first-order chi connectivity index (χ1) is 10.4. The van der Waals surface area contributed by atoms with Crippen LogP contribution in [0.2, 0.25) is 0 Å². The number of ketones is 1. The second kappa shape index (κ2) is 9.55. The Bertz CT molecular complexity index is 527. The van der Waals surface area contributed by atoms with Gasteiger partial charge in [-0.3, -0.25) is 4.79 Å². The van der Waals surface area contributed by atoms with Crippen molar-refractivity contribution in [2.45, 2.75) is 45.1 Å². The van der Waals surface area contributed by atoms with Crippen LogP contribution in [-0.4, -0.2) is 28.8 Å². The Kier molecular flexibility index (Phi) is 8.08. The van der Waals surface area contributed by atoms with Gasteiger partial charge in [-0.05, 0) is 66.5 Å². The lowest BCUT2D eigenvalue weighted by Gasteiger charge is -2.13. The van der Waals surface area contributed by atoms with Gasteiger partial charge in [0.1, 0.15) is 11.8 Å². The third-order valence-electron chi connectivity index (χ3n) is 3.20. The fourth-order valence-electron chi connectivity index (χ4n) is 1.98. The van der Waals surface area contributed by atoms with Crippen molar-refractivity contribution < 1.29 is 19.5 Å². The maximum atomic E-state index is 11.8. The molecule has 6 heteroatoms. The first-order valence-electron chi connectivity index (χ1n) is 7.14. The average Bonchev–Trinajstić information content (AvgIpc) is 2.45. The number of carbonyl (C=O) groups excluding carboxylic acids is 2. The van der Waals surface area contributed by atoms with Gasteiger partial charge in [-0.1, -0.05) is 12.1 Å². The summed E-state index contributed by atoms with van der Waals surface area (Å²) in [6.45, 7) is 1.40. The number of rotatable bonds is 9.